The van der Waals surface area contributed by atoms with E-state index in [1.165, 1.54) is 17.1 Å². The summed E-state index contributed by atoms with van der Waals surface area (Å²) in [6, 6.07) is 0. The second kappa shape index (κ2) is 9.97. The Morgan fingerprint density at radius 3 is 2.48 bits per heavy atom. The molecule has 0 aromatic rings. The molecule has 124 valence electrons. The fourth-order valence-corrected chi connectivity index (χ4v) is 3.38. The lowest BCUT2D eigenvalue weighted by Crippen LogP contribution is -2.45. The third kappa shape index (κ3) is 7.10. The average molecular weight is 320 g/mol. The first-order chi connectivity index (χ1) is 10.1. The molecule has 0 radical (unpaired) electrons. The molecule has 0 atom stereocenters. The Morgan fingerprint density at radius 2 is 1.86 bits per heavy atom. The summed E-state index contributed by atoms with van der Waals surface area (Å²) < 4.78 is 30.9. The van der Waals surface area contributed by atoms with Crippen LogP contribution in [-0.2, 0) is 14.8 Å². The van der Waals surface area contributed by atoms with Gasteiger partial charge < -0.3 is 15.4 Å². The summed E-state index contributed by atoms with van der Waals surface area (Å²) >= 11 is 0. The van der Waals surface area contributed by atoms with Crippen LogP contribution in [0.1, 0.15) is 26.2 Å². The monoisotopic (exact) mass is 320 g/mol. The Morgan fingerprint density at radius 1 is 1.19 bits per heavy atom. The van der Waals surface area contributed by atoms with Crippen molar-refractivity contribution in [2.75, 3.05) is 52.2 Å². The van der Waals surface area contributed by atoms with Gasteiger partial charge in [0.1, 0.15) is 0 Å². The topological polar surface area (TPSA) is 83.0 Å². The standard InChI is InChI=1S/C13H28N4O3S/c1-3-4-5-6-15-13(14-2)16-7-12-21(18,19)17-8-10-20-11-9-17/h3-12H2,1-2H3,(H2,14,15,16). The summed E-state index contributed by atoms with van der Waals surface area (Å²) in [6.45, 7) is 5.22. The molecule has 0 saturated carbocycles. The van der Waals surface area contributed by atoms with Crippen LogP contribution < -0.4 is 10.6 Å². The van der Waals surface area contributed by atoms with Crippen LogP contribution in [-0.4, -0.2) is 70.9 Å². The van der Waals surface area contributed by atoms with Crippen LogP contribution in [0, 0.1) is 0 Å². The number of ether oxygens (including phenoxy) is 1. The molecule has 0 unspecified atom stereocenters. The highest BCUT2D eigenvalue weighted by Crippen LogP contribution is 2.04. The minimum Gasteiger partial charge on any atom is -0.379 e. The molecule has 7 nitrogen and oxygen atoms in total. The number of hydrogen-bond acceptors (Lipinski definition) is 4. The van der Waals surface area contributed by atoms with Crippen molar-refractivity contribution in [1.29, 1.82) is 0 Å². The molecule has 1 rings (SSSR count). The molecule has 1 aliphatic rings. The Balaban J connectivity index is 2.26. The van der Waals surface area contributed by atoms with Crippen LogP contribution in [0.3, 0.4) is 0 Å². The van der Waals surface area contributed by atoms with E-state index >= 15 is 0 Å². The number of sulfonamides is 1. The molecular formula is C13H28N4O3S. The van der Waals surface area contributed by atoms with Crippen LogP contribution >= 0.6 is 0 Å². The number of unbranched alkanes of at least 4 members (excludes halogenated alkanes) is 2. The fourth-order valence-electron chi connectivity index (χ4n) is 2.05. The smallest absolute Gasteiger partial charge is 0.215 e. The normalized spacial score (nSPS) is 17.7. The molecule has 8 heteroatoms. The van der Waals surface area contributed by atoms with Crippen molar-refractivity contribution in [1.82, 2.24) is 14.9 Å². The maximum absolute atomic E-state index is 12.1. The predicted octanol–water partition coefficient (Wildman–Crippen LogP) is 0.00360. The van der Waals surface area contributed by atoms with Gasteiger partial charge in [0.15, 0.2) is 5.96 Å². The highest BCUT2D eigenvalue weighted by molar-refractivity contribution is 7.89. The zero-order valence-electron chi connectivity index (χ0n) is 13.1. The molecule has 0 spiro atoms. The van der Waals surface area contributed by atoms with Crippen molar-refractivity contribution >= 4 is 16.0 Å². The lowest BCUT2D eigenvalue weighted by atomic mass is 10.2. The Bertz CT molecular complexity index is 406. The fraction of sp³-hybridized carbons (Fsp3) is 0.923. The number of nitrogens with one attached hydrogen (secondary N) is 2. The molecule has 0 bridgehead atoms. The van der Waals surface area contributed by atoms with Gasteiger partial charge in [-0.05, 0) is 6.42 Å². The van der Waals surface area contributed by atoms with E-state index in [4.69, 9.17) is 4.74 Å². The van der Waals surface area contributed by atoms with Gasteiger partial charge in [0.2, 0.25) is 10.0 Å². The van der Waals surface area contributed by atoms with Crippen molar-refractivity contribution in [2.45, 2.75) is 26.2 Å². The van der Waals surface area contributed by atoms with Crippen LogP contribution in [0.25, 0.3) is 0 Å². The second-order valence-electron chi connectivity index (χ2n) is 4.96. The number of aliphatic imine (C=N–C) groups is 1. The maximum atomic E-state index is 12.1. The third-order valence-electron chi connectivity index (χ3n) is 3.31. The lowest BCUT2D eigenvalue weighted by Gasteiger charge is -2.26. The number of nitrogens with zero attached hydrogens (tertiary/aromatic N) is 2. The van der Waals surface area contributed by atoms with Gasteiger partial charge in [-0.1, -0.05) is 19.8 Å². The average Bonchev–Trinajstić information content (AvgIpc) is 2.50. The van der Waals surface area contributed by atoms with Crippen molar-refractivity contribution in [3.8, 4) is 0 Å². The SMILES string of the molecule is CCCCCNC(=NC)NCCS(=O)(=O)N1CCOCC1. The summed E-state index contributed by atoms with van der Waals surface area (Å²) in [5.74, 6) is 0.728. The van der Waals surface area contributed by atoms with Gasteiger partial charge >= 0.3 is 0 Å². The van der Waals surface area contributed by atoms with E-state index in [0.717, 1.165) is 13.0 Å². The minimum atomic E-state index is -3.21. The van der Waals surface area contributed by atoms with E-state index < -0.39 is 10.0 Å². The molecule has 1 fully saturated rings. The number of guanidine groups is 1. The second-order valence-corrected chi connectivity index (χ2v) is 7.05. The molecular weight excluding hydrogens is 292 g/mol. The molecule has 0 aromatic heterocycles. The van der Waals surface area contributed by atoms with Gasteiger partial charge in [-0.2, -0.15) is 4.31 Å². The first-order valence-electron chi connectivity index (χ1n) is 7.60. The predicted molar refractivity (Wildman–Crippen MR) is 85.1 cm³/mol. The first-order valence-corrected chi connectivity index (χ1v) is 9.21. The molecule has 2 N–H and O–H groups in total. The number of hydrogen-bond donors (Lipinski definition) is 2. The largest absolute Gasteiger partial charge is 0.379 e. The van der Waals surface area contributed by atoms with E-state index in [0.29, 0.717) is 38.8 Å². The van der Waals surface area contributed by atoms with E-state index in [-0.39, 0.29) is 5.75 Å². The molecule has 0 aliphatic carbocycles. The number of rotatable bonds is 8. The molecule has 1 saturated heterocycles. The Hall–Kier alpha value is -0.860. The highest BCUT2D eigenvalue weighted by Gasteiger charge is 2.23. The molecule has 1 heterocycles. The van der Waals surface area contributed by atoms with E-state index in [2.05, 4.69) is 22.5 Å². The molecule has 0 amide bonds. The van der Waals surface area contributed by atoms with Crippen molar-refractivity contribution in [3.05, 3.63) is 0 Å². The number of morpholine rings is 1. The van der Waals surface area contributed by atoms with E-state index in [9.17, 15) is 8.42 Å². The van der Waals surface area contributed by atoms with Crippen molar-refractivity contribution in [2.24, 2.45) is 4.99 Å². The van der Waals surface area contributed by atoms with Gasteiger partial charge in [-0.3, -0.25) is 4.99 Å². The molecule has 21 heavy (non-hydrogen) atoms. The van der Waals surface area contributed by atoms with Crippen LogP contribution in [0.15, 0.2) is 4.99 Å². The Labute approximate surface area is 128 Å². The van der Waals surface area contributed by atoms with Crippen LogP contribution in [0.5, 0.6) is 0 Å². The van der Waals surface area contributed by atoms with E-state index in [1.54, 1.807) is 7.05 Å². The maximum Gasteiger partial charge on any atom is 0.215 e. The zero-order chi connectivity index (χ0) is 15.6. The highest BCUT2D eigenvalue weighted by atomic mass is 32.2. The van der Waals surface area contributed by atoms with Crippen LogP contribution in [0.2, 0.25) is 0 Å². The summed E-state index contributed by atoms with van der Waals surface area (Å²) in [5, 5.41) is 6.22. The summed E-state index contributed by atoms with van der Waals surface area (Å²) in [6.07, 6.45) is 3.43. The third-order valence-corrected chi connectivity index (χ3v) is 5.18. The van der Waals surface area contributed by atoms with Gasteiger partial charge in [0, 0.05) is 33.2 Å². The van der Waals surface area contributed by atoms with Gasteiger partial charge in [0.25, 0.3) is 0 Å². The minimum absolute atomic E-state index is 0.0721. The van der Waals surface area contributed by atoms with Crippen molar-refractivity contribution in [3.63, 3.8) is 0 Å². The summed E-state index contributed by atoms with van der Waals surface area (Å²) in [7, 11) is -1.52. The summed E-state index contributed by atoms with van der Waals surface area (Å²) in [5.41, 5.74) is 0. The van der Waals surface area contributed by atoms with Gasteiger partial charge in [0.05, 0.1) is 19.0 Å². The van der Waals surface area contributed by atoms with Crippen molar-refractivity contribution < 1.29 is 13.2 Å². The summed E-state index contributed by atoms with van der Waals surface area (Å²) in [4.78, 5) is 4.08. The molecule has 0 aromatic carbocycles. The Kier molecular flexibility index (Phi) is 8.63. The lowest BCUT2D eigenvalue weighted by molar-refractivity contribution is 0.0730. The van der Waals surface area contributed by atoms with Gasteiger partial charge in [-0.25, -0.2) is 8.42 Å². The quantitative estimate of drug-likeness (QED) is 0.374. The zero-order valence-corrected chi connectivity index (χ0v) is 13.9. The van der Waals surface area contributed by atoms with Crippen LogP contribution in [0.4, 0.5) is 0 Å². The van der Waals surface area contributed by atoms with Gasteiger partial charge in [-0.15, -0.1) is 0 Å². The first kappa shape index (κ1) is 18.2. The van der Waals surface area contributed by atoms with E-state index in [1.807, 2.05) is 0 Å². The molecule has 1 aliphatic heterocycles.